The molecule has 0 atom stereocenters. The van der Waals surface area contributed by atoms with Gasteiger partial charge in [-0.15, -0.1) is 0 Å². The molecule has 2 N–H and O–H groups in total. The van der Waals surface area contributed by atoms with E-state index in [2.05, 4.69) is 13.2 Å². The van der Waals surface area contributed by atoms with Crippen LogP contribution in [0.4, 0.5) is 5.69 Å². The van der Waals surface area contributed by atoms with Crippen LogP contribution in [0.15, 0.2) is 31.4 Å². The van der Waals surface area contributed by atoms with Gasteiger partial charge in [-0.05, 0) is 18.2 Å². The SMILES string of the molecule is C=C(OC)c1cc(N)cc(C(=C)OC)c1. The fourth-order valence-corrected chi connectivity index (χ4v) is 1.21. The molecule has 0 aromatic heterocycles. The van der Waals surface area contributed by atoms with E-state index in [1.807, 2.05) is 6.07 Å². The molecule has 0 fully saturated rings. The largest absolute Gasteiger partial charge is 0.497 e. The van der Waals surface area contributed by atoms with Crippen LogP contribution in [-0.4, -0.2) is 14.2 Å². The van der Waals surface area contributed by atoms with Gasteiger partial charge in [0.15, 0.2) is 0 Å². The van der Waals surface area contributed by atoms with Crippen molar-refractivity contribution in [3.05, 3.63) is 42.5 Å². The maximum absolute atomic E-state index is 5.75. The first kappa shape index (κ1) is 11.2. The van der Waals surface area contributed by atoms with Gasteiger partial charge in [0.2, 0.25) is 0 Å². The highest BCUT2D eigenvalue weighted by Crippen LogP contribution is 2.23. The van der Waals surface area contributed by atoms with Gasteiger partial charge in [0, 0.05) is 16.8 Å². The molecule has 1 rings (SSSR count). The van der Waals surface area contributed by atoms with E-state index in [1.54, 1.807) is 26.4 Å². The summed E-state index contributed by atoms with van der Waals surface area (Å²) in [7, 11) is 3.13. The molecule has 1 aromatic rings. The molecule has 0 bridgehead atoms. The molecule has 3 heteroatoms. The zero-order chi connectivity index (χ0) is 11.4. The fourth-order valence-electron chi connectivity index (χ4n) is 1.21. The van der Waals surface area contributed by atoms with Crippen LogP contribution in [0.1, 0.15) is 11.1 Å². The van der Waals surface area contributed by atoms with Crippen LogP contribution in [0.3, 0.4) is 0 Å². The van der Waals surface area contributed by atoms with E-state index in [0.29, 0.717) is 17.2 Å². The standard InChI is InChI=1S/C12H15NO2/c1-8(14-3)10-5-11(9(2)15-4)7-12(13)6-10/h5-7H,1-2,13H2,3-4H3. The fraction of sp³-hybridized carbons (Fsp3) is 0.167. The minimum atomic E-state index is 0.562. The highest BCUT2D eigenvalue weighted by molar-refractivity contribution is 5.69. The lowest BCUT2D eigenvalue weighted by Crippen LogP contribution is -1.94. The summed E-state index contributed by atoms with van der Waals surface area (Å²) in [6, 6.07) is 5.45. The van der Waals surface area contributed by atoms with E-state index in [4.69, 9.17) is 15.2 Å². The molecule has 0 amide bonds. The van der Waals surface area contributed by atoms with Crippen LogP contribution in [0.2, 0.25) is 0 Å². The molecule has 1 aromatic carbocycles. The number of nitrogen functional groups attached to an aromatic ring is 1. The van der Waals surface area contributed by atoms with Crippen LogP contribution in [0.5, 0.6) is 0 Å². The molecule has 0 aliphatic rings. The Morgan fingerprint density at radius 1 is 1.00 bits per heavy atom. The summed E-state index contributed by atoms with van der Waals surface area (Å²) in [4.78, 5) is 0. The van der Waals surface area contributed by atoms with Crippen LogP contribution in [0, 0.1) is 0 Å². The summed E-state index contributed by atoms with van der Waals surface area (Å²) in [5, 5.41) is 0. The Labute approximate surface area is 89.8 Å². The van der Waals surface area contributed by atoms with Crippen LogP contribution >= 0.6 is 0 Å². The van der Waals surface area contributed by atoms with Gasteiger partial charge in [-0.2, -0.15) is 0 Å². The van der Waals surface area contributed by atoms with Gasteiger partial charge in [0.05, 0.1) is 14.2 Å². The van der Waals surface area contributed by atoms with E-state index >= 15 is 0 Å². The lowest BCUT2D eigenvalue weighted by Gasteiger charge is -2.10. The van der Waals surface area contributed by atoms with E-state index < -0.39 is 0 Å². The van der Waals surface area contributed by atoms with Crippen molar-refractivity contribution in [1.82, 2.24) is 0 Å². The van der Waals surface area contributed by atoms with Gasteiger partial charge < -0.3 is 15.2 Å². The number of anilines is 1. The highest BCUT2D eigenvalue weighted by Gasteiger charge is 2.05. The minimum Gasteiger partial charge on any atom is -0.497 e. The number of hydrogen-bond donors (Lipinski definition) is 1. The quantitative estimate of drug-likeness (QED) is 0.606. The molecule has 0 aliphatic heterocycles. The Hall–Kier alpha value is -1.90. The van der Waals surface area contributed by atoms with Crippen molar-refractivity contribution >= 4 is 17.2 Å². The molecule has 80 valence electrons. The lowest BCUT2D eigenvalue weighted by molar-refractivity contribution is 0.369. The van der Waals surface area contributed by atoms with Crippen molar-refractivity contribution < 1.29 is 9.47 Å². The third-order valence-electron chi connectivity index (χ3n) is 2.09. The van der Waals surface area contributed by atoms with E-state index in [0.717, 1.165) is 11.1 Å². The van der Waals surface area contributed by atoms with E-state index in [-0.39, 0.29) is 0 Å². The number of methoxy groups -OCH3 is 2. The molecule has 15 heavy (non-hydrogen) atoms. The van der Waals surface area contributed by atoms with Crippen LogP contribution in [0.25, 0.3) is 11.5 Å². The average molecular weight is 205 g/mol. The van der Waals surface area contributed by atoms with Crippen molar-refractivity contribution in [1.29, 1.82) is 0 Å². The molecular formula is C12H15NO2. The zero-order valence-electron chi connectivity index (χ0n) is 9.04. The first-order valence-electron chi connectivity index (χ1n) is 4.45. The number of benzene rings is 1. The summed E-state index contributed by atoms with van der Waals surface area (Å²) < 4.78 is 10.1. The molecule has 0 heterocycles. The molecule has 0 unspecified atom stereocenters. The number of rotatable bonds is 4. The van der Waals surface area contributed by atoms with Crippen molar-refractivity contribution in [2.24, 2.45) is 0 Å². The van der Waals surface area contributed by atoms with E-state index in [1.165, 1.54) is 0 Å². The molecular weight excluding hydrogens is 190 g/mol. The van der Waals surface area contributed by atoms with Gasteiger partial charge in [-0.3, -0.25) is 0 Å². The lowest BCUT2D eigenvalue weighted by atomic mass is 10.1. The molecule has 0 spiro atoms. The molecule has 0 saturated heterocycles. The predicted molar refractivity (Wildman–Crippen MR) is 62.9 cm³/mol. The number of hydrogen-bond acceptors (Lipinski definition) is 3. The number of nitrogens with two attached hydrogens (primary N) is 1. The monoisotopic (exact) mass is 205 g/mol. The summed E-state index contributed by atoms with van der Waals surface area (Å²) in [6.07, 6.45) is 0. The molecule has 0 aliphatic carbocycles. The van der Waals surface area contributed by atoms with Gasteiger partial charge in [0.1, 0.15) is 11.5 Å². The molecule has 3 nitrogen and oxygen atoms in total. The molecule has 0 saturated carbocycles. The summed E-state index contributed by atoms with van der Waals surface area (Å²) in [5.74, 6) is 1.12. The average Bonchev–Trinajstić information content (AvgIpc) is 2.26. The predicted octanol–water partition coefficient (Wildman–Crippen LogP) is 2.50. The highest BCUT2D eigenvalue weighted by atomic mass is 16.5. The second-order valence-electron chi connectivity index (χ2n) is 3.10. The summed E-state index contributed by atoms with van der Waals surface area (Å²) in [5.41, 5.74) is 8.02. The normalized spacial score (nSPS) is 9.47. The summed E-state index contributed by atoms with van der Waals surface area (Å²) in [6.45, 7) is 7.53. The van der Waals surface area contributed by atoms with Gasteiger partial charge in [0.25, 0.3) is 0 Å². The van der Waals surface area contributed by atoms with Crippen molar-refractivity contribution in [3.8, 4) is 0 Å². The second kappa shape index (κ2) is 4.55. The van der Waals surface area contributed by atoms with Crippen LogP contribution < -0.4 is 5.73 Å². The first-order chi connectivity index (χ1) is 7.08. The maximum Gasteiger partial charge on any atom is 0.119 e. The second-order valence-corrected chi connectivity index (χ2v) is 3.10. The van der Waals surface area contributed by atoms with Crippen molar-refractivity contribution in [2.75, 3.05) is 20.0 Å². The number of ether oxygens (including phenoxy) is 2. The van der Waals surface area contributed by atoms with Crippen LogP contribution in [-0.2, 0) is 9.47 Å². The summed E-state index contributed by atoms with van der Waals surface area (Å²) >= 11 is 0. The Bertz CT molecular complexity index is 362. The van der Waals surface area contributed by atoms with Gasteiger partial charge in [-0.25, -0.2) is 0 Å². The Kier molecular flexibility index (Phi) is 3.39. The van der Waals surface area contributed by atoms with Crippen molar-refractivity contribution in [3.63, 3.8) is 0 Å². The van der Waals surface area contributed by atoms with Gasteiger partial charge >= 0.3 is 0 Å². The molecule has 0 radical (unpaired) electrons. The minimum absolute atomic E-state index is 0.562. The van der Waals surface area contributed by atoms with E-state index in [9.17, 15) is 0 Å². The van der Waals surface area contributed by atoms with Gasteiger partial charge in [-0.1, -0.05) is 13.2 Å². The Morgan fingerprint density at radius 3 is 1.73 bits per heavy atom. The maximum atomic E-state index is 5.75. The first-order valence-corrected chi connectivity index (χ1v) is 4.45. The third kappa shape index (κ3) is 2.53. The Balaban J connectivity index is 3.16. The Morgan fingerprint density at radius 2 is 1.40 bits per heavy atom. The zero-order valence-corrected chi connectivity index (χ0v) is 9.04. The smallest absolute Gasteiger partial charge is 0.119 e. The topological polar surface area (TPSA) is 44.5 Å². The van der Waals surface area contributed by atoms with Crippen molar-refractivity contribution in [2.45, 2.75) is 0 Å². The third-order valence-corrected chi connectivity index (χ3v) is 2.09.